The van der Waals surface area contributed by atoms with E-state index in [9.17, 15) is 4.39 Å². The fourth-order valence-corrected chi connectivity index (χ4v) is 1.38. The maximum atomic E-state index is 12.9. The molecular weight excluding hydrogens is 221 g/mol. The van der Waals surface area contributed by atoms with E-state index in [1.54, 1.807) is 18.2 Å². The summed E-state index contributed by atoms with van der Waals surface area (Å²) < 4.78 is 23.8. The van der Waals surface area contributed by atoms with Crippen molar-refractivity contribution in [3.8, 4) is 17.2 Å². The summed E-state index contributed by atoms with van der Waals surface area (Å²) in [6, 6.07) is 10.1. The van der Waals surface area contributed by atoms with Crippen molar-refractivity contribution >= 4 is 0 Å². The zero-order valence-electron chi connectivity index (χ0n) is 9.39. The van der Waals surface area contributed by atoms with E-state index in [0.29, 0.717) is 23.9 Å². The topological polar surface area (TPSA) is 31.4 Å². The van der Waals surface area contributed by atoms with E-state index in [1.807, 2.05) is 19.1 Å². The minimum Gasteiger partial charge on any atom is -0.490 e. The van der Waals surface area contributed by atoms with Crippen LogP contribution < -0.4 is 9.47 Å². The molecule has 1 aromatic heterocycles. The minimum absolute atomic E-state index is 0.393. The first-order valence-corrected chi connectivity index (χ1v) is 5.31. The Bertz CT molecular complexity index is 502. The molecule has 4 heteroatoms. The molecule has 3 nitrogen and oxygen atoms in total. The molecular formula is C13H12FNO2. The van der Waals surface area contributed by atoms with Gasteiger partial charge in [-0.3, -0.25) is 0 Å². The molecule has 0 N–H and O–H groups in total. The van der Waals surface area contributed by atoms with Crippen LogP contribution in [0.4, 0.5) is 4.39 Å². The average molecular weight is 233 g/mol. The molecule has 1 heterocycles. The Hall–Kier alpha value is -2.10. The molecule has 88 valence electrons. The molecule has 0 amide bonds. The standard InChI is InChI=1S/C13H12FNO2/c1-2-16-11-5-3-4-6-12(11)17-10-7-8-15-13(14)9-10/h3-9H,2H2,1H3. The van der Waals surface area contributed by atoms with Crippen LogP contribution in [0.25, 0.3) is 0 Å². The summed E-state index contributed by atoms with van der Waals surface area (Å²) in [5, 5.41) is 0. The van der Waals surface area contributed by atoms with Crippen molar-refractivity contribution in [3.63, 3.8) is 0 Å². The van der Waals surface area contributed by atoms with Gasteiger partial charge in [0.15, 0.2) is 11.5 Å². The highest BCUT2D eigenvalue weighted by molar-refractivity contribution is 5.42. The largest absolute Gasteiger partial charge is 0.490 e. The lowest BCUT2D eigenvalue weighted by molar-refractivity contribution is 0.321. The lowest BCUT2D eigenvalue weighted by Gasteiger charge is -2.10. The maximum Gasteiger partial charge on any atom is 0.216 e. The van der Waals surface area contributed by atoms with Crippen molar-refractivity contribution in [2.45, 2.75) is 6.92 Å². The number of ether oxygens (including phenoxy) is 2. The van der Waals surface area contributed by atoms with Crippen LogP contribution in [-0.4, -0.2) is 11.6 Å². The second-order valence-electron chi connectivity index (χ2n) is 3.30. The van der Waals surface area contributed by atoms with Gasteiger partial charge in [-0.2, -0.15) is 4.39 Å². The maximum absolute atomic E-state index is 12.9. The van der Waals surface area contributed by atoms with Crippen LogP contribution in [0.3, 0.4) is 0 Å². The number of hydrogen-bond acceptors (Lipinski definition) is 3. The predicted molar refractivity (Wildman–Crippen MR) is 61.9 cm³/mol. The molecule has 2 rings (SSSR count). The number of rotatable bonds is 4. The lowest BCUT2D eigenvalue weighted by atomic mass is 10.3. The van der Waals surface area contributed by atoms with Crippen LogP contribution in [0.1, 0.15) is 6.92 Å². The average Bonchev–Trinajstić information content (AvgIpc) is 2.32. The van der Waals surface area contributed by atoms with Gasteiger partial charge in [-0.15, -0.1) is 0 Å². The fraction of sp³-hybridized carbons (Fsp3) is 0.154. The number of para-hydroxylation sites is 2. The van der Waals surface area contributed by atoms with E-state index in [0.717, 1.165) is 0 Å². The summed E-state index contributed by atoms with van der Waals surface area (Å²) in [5.74, 6) is 1.01. The first-order valence-electron chi connectivity index (χ1n) is 5.31. The van der Waals surface area contributed by atoms with Gasteiger partial charge in [0.25, 0.3) is 0 Å². The summed E-state index contributed by atoms with van der Waals surface area (Å²) in [6.07, 6.45) is 1.36. The number of halogens is 1. The van der Waals surface area contributed by atoms with Gasteiger partial charge in [-0.05, 0) is 25.1 Å². The molecule has 0 radical (unpaired) electrons. The Morgan fingerprint density at radius 3 is 2.65 bits per heavy atom. The monoisotopic (exact) mass is 233 g/mol. The molecule has 2 aromatic rings. The molecule has 0 fully saturated rings. The zero-order chi connectivity index (χ0) is 12.1. The van der Waals surface area contributed by atoms with Gasteiger partial charge in [0, 0.05) is 12.3 Å². The van der Waals surface area contributed by atoms with Crippen molar-refractivity contribution in [2.24, 2.45) is 0 Å². The van der Waals surface area contributed by atoms with E-state index in [4.69, 9.17) is 9.47 Å². The second-order valence-corrected chi connectivity index (χ2v) is 3.30. The first-order chi connectivity index (χ1) is 8.29. The summed E-state index contributed by atoms with van der Waals surface area (Å²) in [5.41, 5.74) is 0. The Kier molecular flexibility index (Phi) is 3.55. The third-order valence-corrected chi connectivity index (χ3v) is 2.07. The summed E-state index contributed by atoms with van der Waals surface area (Å²) in [6.45, 7) is 2.44. The molecule has 0 aliphatic carbocycles. The molecule has 0 saturated heterocycles. The second kappa shape index (κ2) is 5.30. The molecule has 0 bridgehead atoms. The molecule has 0 atom stereocenters. The molecule has 0 saturated carbocycles. The van der Waals surface area contributed by atoms with Gasteiger partial charge in [-0.25, -0.2) is 4.98 Å². The fourth-order valence-electron chi connectivity index (χ4n) is 1.38. The lowest BCUT2D eigenvalue weighted by Crippen LogP contribution is -1.95. The van der Waals surface area contributed by atoms with Crippen molar-refractivity contribution in [3.05, 3.63) is 48.5 Å². The van der Waals surface area contributed by atoms with E-state index >= 15 is 0 Å². The highest BCUT2D eigenvalue weighted by Crippen LogP contribution is 2.30. The number of benzene rings is 1. The van der Waals surface area contributed by atoms with E-state index in [2.05, 4.69) is 4.98 Å². The SMILES string of the molecule is CCOc1ccccc1Oc1ccnc(F)c1. The van der Waals surface area contributed by atoms with Crippen LogP contribution in [0.15, 0.2) is 42.6 Å². The Morgan fingerprint density at radius 2 is 1.94 bits per heavy atom. The summed E-state index contributed by atoms with van der Waals surface area (Å²) >= 11 is 0. The summed E-state index contributed by atoms with van der Waals surface area (Å²) in [7, 11) is 0. The molecule has 1 aromatic carbocycles. The van der Waals surface area contributed by atoms with Gasteiger partial charge in [-0.1, -0.05) is 12.1 Å². The quantitative estimate of drug-likeness (QED) is 0.758. The molecule has 0 spiro atoms. The molecule has 17 heavy (non-hydrogen) atoms. The first kappa shape index (κ1) is 11.4. The van der Waals surface area contributed by atoms with Crippen molar-refractivity contribution in [1.29, 1.82) is 0 Å². The predicted octanol–water partition coefficient (Wildman–Crippen LogP) is 3.41. The van der Waals surface area contributed by atoms with Crippen molar-refractivity contribution in [1.82, 2.24) is 4.98 Å². The van der Waals surface area contributed by atoms with Crippen molar-refractivity contribution in [2.75, 3.05) is 6.61 Å². The van der Waals surface area contributed by atoms with Crippen LogP contribution in [0, 0.1) is 5.95 Å². The molecule has 0 aliphatic heterocycles. The number of aromatic nitrogens is 1. The minimum atomic E-state index is -0.573. The van der Waals surface area contributed by atoms with E-state index in [-0.39, 0.29) is 0 Å². The molecule has 0 unspecified atom stereocenters. The Labute approximate surface area is 98.8 Å². The van der Waals surface area contributed by atoms with E-state index in [1.165, 1.54) is 12.3 Å². The number of pyridine rings is 1. The van der Waals surface area contributed by atoms with Gasteiger partial charge in [0.05, 0.1) is 6.61 Å². The Morgan fingerprint density at radius 1 is 1.18 bits per heavy atom. The van der Waals surface area contributed by atoms with Crippen LogP contribution in [0.2, 0.25) is 0 Å². The summed E-state index contributed by atoms with van der Waals surface area (Å²) in [4.78, 5) is 3.46. The smallest absolute Gasteiger partial charge is 0.216 e. The van der Waals surface area contributed by atoms with Crippen molar-refractivity contribution < 1.29 is 13.9 Å². The van der Waals surface area contributed by atoms with Crippen LogP contribution >= 0.6 is 0 Å². The van der Waals surface area contributed by atoms with Gasteiger partial charge in [0.2, 0.25) is 5.95 Å². The van der Waals surface area contributed by atoms with Gasteiger partial charge in [0.1, 0.15) is 5.75 Å². The number of nitrogens with zero attached hydrogens (tertiary/aromatic N) is 1. The van der Waals surface area contributed by atoms with Crippen LogP contribution in [-0.2, 0) is 0 Å². The van der Waals surface area contributed by atoms with Gasteiger partial charge < -0.3 is 9.47 Å². The third-order valence-electron chi connectivity index (χ3n) is 2.07. The zero-order valence-corrected chi connectivity index (χ0v) is 9.39. The molecule has 0 aliphatic rings. The van der Waals surface area contributed by atoms with Crippen LogP contribution in [0.5, 0.6) is 17.2 Å². The van der Waals surface area contributed by atoms with Gasteiger partial charge >= 0.3 is 0 Å². The normalized spacial score (nSPS) is 10.0. The van der Waals surface area contributed by atoms with E-state index < -0.39 is 5.95 Å². The third kappa shape index (κ3) is 2.93. The Balaban J connectivity index is 2.23. The number of hydrogen-bond donors (Lipinski definition) is 0. The highest BCUT2D eigenvalue weighted by Gasteiger charge is 2.05. The highest BCUT2D eigenvalue weighted by atomic mass is 19.1.